The summed E-state index contributed by atoms with van der Waals surface area (Å²) in [5, 5.41) is 0. The van der Waals surface area contributed by atoms with Crippen molar-refractivity contribution in [3.63, 3.8) is 0 Å². The minimum atomic E-state index is -0.420. The van der Waals surface area contributed by atoms with Gasteiger partial charge in [-0.15, -0.1) is 0 Å². The van der Waals surface area contributed by atoms with Crippen molar-refractivity contribution in [1.82, 2.24) is 9.80 Å². The van der Waals surface area contributed by atoms with Crippen LogP contribution in [-0.2, 0) is 9.59 Å². The predicted molar refractivity (Wildman–Crippen MR) is 92.1 cm³/mol. The third kappa shape index (κ3) is 4.68. The highest BCUT2D eigenvalue weighted by molar-refractivity contribution is 5.95. The smallest absolute Gasteiger partial charge is 0.308 e. The average molecular weight is 342 g/mol. The summed E-state index contributed by atoms with van der Waals surface area (Å²) < 4.78 is 5.02. The van der Waals surface area contributed by atoms with Crippen molar-refractivity contribution in [2.24, 2.45) is 5.92 Å². The van der Waals surface area contributed by atoms with E-state index in [0.717, 1.165) is 0 Å². The van der Waals surface area contributed by atoms with Gasteiger partial charge in [0.25, 0.3) is 5.91 Å². The predicted octanol–water partition coefficient (Wildman–Crippen LogP) is 1.86. The first kappa shape index (κ1) is 17.2. The number of nitrogens with zero attached hydrogens (tertiary/aromatic N) is 2. The average Bonchev–Trinajstić information content (AvgIpc) is 3.43. The fraction of sp³-hybridized carbons (Fsp3) is 0.421. The summed E-state index contributed by atoms with van der Waals surface area (Å²) in [5.41, 5.74) is 0.479. The van der Waals surface area contributed by atoms with Gasteiger partial charge in [-0.2, -0.15) is 0 Å². The lowest BCUT2D eigenvalue weighted by Crippen LogP contribution is -2.50. The molecule has 3 rings (SSSR count). The molecule has 6 heteroatoms. The van der Waals surface area contributed by atoms with E-state index in [0.29, 0.717) is 43.4 Å². The first-order valence-corrected chi connectivity index (χ1v) is 8.58. The summed E-state index contributed by atoms with van der Waals surface area (Å²) in [6, 6.07) is 6.60. The Balaban J connectivity index is 1.56. The van der Waals surface area contributed by atoms with Gasteiger partial charge in [0.05, 0.1) is 0 Å². The van der Waals surface area contributed by atoms with Gasteiger partial charge in [-0.25, -0.2) is 0 Å². The van der Waals surface area contributed by atoms with Gasteiger partial charge in [0, 0.05) is 38.7 Å². The van der Waals surface area contributed by atoms with E-state index in [1.807, 2.05) is 6.08 Å². The van der Waals surface area contributed by atoms with Crippen LogP contribution in [0.4, 0.5) is 0 Å². The number of carbonyl (C=O) groups excluding carboxylic acids is 3. The molecule has 2 amide bonds. The Morgan fingerprint density at radius 3 is 2.40 bits per heavy atom. The van der Waals surface area contributed by atoms with Crippen LogP contribution in [-0.4, -0.2) is 53.8 Å². The zero-order valence-electron chi connectivity index (χ0n) is 14.3. The standard InChI is InChI=1S/C19H22N2O4/c1-14(22)25-17-4-2-3-16(13-17)19(24)21-11-9-20(10-12-21)18(23)8-7-15-5-6-15/h2-4,7-8,13,15H,5-6,9-12H2,1H3/b8-7+. The highest BCUT2D eigenvalue weighted by Crippen LogP contribution is 2.30. The van der Waals surface area contributed by atoms with Gasteiger partial charge in [-0.1, -0.05) is 12.1 Å². The summed E-state index contributed by atoms with van der Waals surface area (Å²) in [4.78, 5) is 39.3. The summed E-state index contributed by atoms with van der Waals surface area (Å²) in [7, 11) is 0. The third-order valence-electron chi connectivity index (χ3n) is 4.35. The number of rotatable bonds is 4. The summed E-state index contributed by atoms with van der Waals surface area (Å²) in [6.07, 6.45) is 6.01. The third-order valence-corrected chi connectivity index (χ3v) is 4.35. The molecule has 0 spiro atoms. The number of carbonyl (C=O) groups is 3. The van der Waals surface area contributed by atoms with Crippen molar-refractivity contribution in [2.75, 3.05) is 26.2 Å². The first-order valence-electron chi connectivity index (χ1n) is 8.58. The lowest BCUT2D eigenvalue weighted by atomic mass is 10.1. The van der Waals surface area contributed by atoms with Crippen LogP contribution in [0, 0.1) is 5.92 Å². The molecule has 2 aliphatic rings. The Kier molecular flexibility index (Phi) is 5.16. The number of piperazine rings is 1. The number of esters is 1. The lowest BCUT2D eigenvalue weighted by Gasteiger charge is -2.34. The van der Waals surface area contributed by atoms with Crippen molar-refractivity contribution in [3.8, 4) is 5.75 Å². The highest BCUT2D eigenvalue weighted by Gasteiger charge is 2.25. The molecule has 1 aromatic rings. The van der Waals surface area contributed by atoms with Crippen LogP contribution in [0.1, 0.15) is 30.1 Å². The van der Waals surface area contributed by atoms with Crippen molar-refractivity contribution < 1.29 is 19.1 Å². The van der Waals surface area contributed by atoms with E-state index in [9.17, 15) is 14.4 Å². The quantitative estimate of drug-likeness (QED) is 0.476. The molecule has 0 radical (unpaired) electrons. The van der Waals surface area contributed by atoms with Crippen LogP contribution >= 0.6 is 0 Å². The zero-order valence-corrected chi connectivity index (χ0v) is 14.3. The minimum absolute atomic E-state index is 0.0239. The topological polar surface area (TPSA) is 66.9 Å². The van der Waals surface area contributed by atoms with Crippen LogP contribution in [0.25, 0.3) is 0 Å². The molecular formula is C19H22N2O4. The highest BCUT2D eigenvalue weighted by atomic mass is 16.5. The van der Waals surface area contributed by atoms with E-state index in [1.165, 1.54) is 19.8 Å². The lowest BCUT2D eigenvalue weighted by molar-refractivity contribution is -0.132. The summed E-state index contributed by atoms with van der Waals surface area (Å²) in [5.74, 6) is 0.426. The Morgan fingerprint density at radius 2 is 1.76 bits per heavy atom. The zero-order chi connectivity index (χ0) is 17.8. The van der Waals surface area contributed by atoms with Crippen LogP contribution < -0.4 is 4.74 Å². The van der Waals surface area contributed by atoms with Crippen molar-refractivity contribution in [2.45, 2.75) is 19.8 Å². The molecule has 1 aliphatic heterocycles. The second-order valence-corrected chi connectivity index (χ2v) is 6.44. The Morgan fingerprint density at radius 1 is 1.08 bits per heavy atom. The number of amides is 2. The van der Waals surface area contributed by atoms with Crippen LogP contribution in [0.3, 0.4) is 0 Å². The molecular weight excluding hydrogens is 320 g/mol. The largest absolute Gasteiger partial charge is 0.427 e. The van der Waals surface area contributed by atoms with Gasteiger partial charge >= 0.3 is 5.97 Å². The van der Waals surface area contributed by atoms with Gasteiger partial charge in [0.2, 0.25) is 5.91 Å². The molecule has 132 valence electrons. The van der Waals surface area contributed by atoms with Crippen molar-refractivity contribution in [3.05, 3.63) is 42.0 Å². The van der Waals surface area contributed by atoms with E-state index in [4.69, 9.17) is 4.74 Å². The number of benzene rings is 1. The van der Waals surface area contributed by atoms with E-state index in [-0.39, 0.29) is 11.8 Å². The monoisotopic (exact) mass is 342 g/mol. The van der Waals surface area contributed by atoms with Gasteiger partial charge < -0.3 is 14.5 Å². The second-order valence-electron chi connectivity index (χ2n) is 6.44. The first-order chi connectivity index (χ1) is 12.0. The second kappa shape index (κ2) is 7.51. The molecule has 0 atom stereocenters. The van der Waals surface area contributed by atoms with E-state index in [1.54, 1.807) is 40.1 Å². The normalized spacial score (nSPS) is 17.6. The molecule has 1 saturated carbocycles. The van der Waals surface area contributed by atoms with Crippen molar-refractivity contribution in [1.29, 1.82) is 0 Å². The number of allylic oxidation sites excluding steroid dienone is 1. The minimum Gasteiger partial charge on any atom is -0.427 e. The summed E-state index contributed by atoms with van der Waals surface area (Å²) in [6.45, 7) is 3.38. The molecule has 0 bridgehead atoms. The molecule has 0 unspecified atom stereocenters. The molecule has 1 aromatic carbocycles. The van der Waals surface area contributed by atoms with Gasteiger partial charge in [-0.3, -0.25) is 14.4 Å². The Bertz CT molecular complexity index is 701. The maximum atomic E-state index is 12.6. The van der Waals surface area contributed by atoms with Crippen LogP contribution in [0.5, 0.6) is 5.75 Å². The molecule has 25 heavy (non-hydrogen) atoms. The number of hydrogen-bond donors (Lipinski definition) is 0. The van der Waals surface area contributed by atoms with E-state index >= 15 is 0 Å². The van der Waals surface area contributed by atoms with E-state index < -0.39 is 5.97 Å². The van der Waals surface area contributed by atoms with Gasteiger partial charge in [0.1, 0.15) is 5.75 Å². The Labute approximate surface area is 147 Å². The maximum Gasteiger partial charge on any atom is 0.308 e. The van der Waals surface area contributed by atoms with Crippen molar-refractivity contribution >= 4 is 17.8 Å². The summed E-state index contributed by atoms with van der Waals surface area (Å²) >= 11 is 0. The van der Waals surface area contributed by atoms with Crippen LogP contribution in [0.2, 0.25) is 0 Å². The van der Waals surface area contributed by atoms with Gasteiger partial charge in [0.15, 0.2) is 0 Å². The number of ether oxygens (including phenoxy) is 1. The molecule has 1 heterocycles. The molecule has 2 fully saturated rings. The molecule has 1 saturated heterocycles. The molecule has 1 aliphatic carbocycles. The fourth-order valence-corrected chi connectivity index (χ4v) is 2.78. The number of hydrogen-bond acceptors (Lipinski definition) is 4. The maximum absolute atomic E-state index is 12.6. The molecule has 6 nitrogen and oxygen atoms in total. The Hall–Kier alpha value is -2.63. The molecule has 0 aromatic heterocycles. The van der Waals surface area contributed by atoms with Gasteiger partial charge in [-0.05, 0) is 43.0 Å². The van der Waals surface area contributed by atoms with E-state index in [2.05, 4.69) is 0 Å². The molecule has 0 N–H and O–H groups in total. The fourth-order valence-electron chi connectivity index (χ4n) is 2.78. The van der Waals surface area contributed by atoms with Crippen LogP contribution in [0.15, 0.2) is 36.4 Å². The SMILES string of the molecule is CC(=O)Oc1cccc(C(=O)N2CCN(C(=O)/C=C/C3CC3)CC2)c1.